The molecule has 3 atom stereocenters. The van der Waals surface area contributed by atoms with Crippen LogP contribution in [-0.2, 0) is 9.53 Å². The largest absolute Gasteiger partial charge is 0.465 e. The molecule has 0 radical (unpaired) electrons. The lowest BCUT2D eigenvalue weighted by Crippen LogP contribution is -2.37. The molecule has 0 heterocycles. The molecule has 1 N–H and O–H groups in total. The van der Waals surface area contributed by atoms with Crippen molar-refractivity contribution >= 4 is 5.97 Å². The quantitative estimate of drug-likeness (QED) is 0.550. The Bertz CT molecular complexity index is 230. The van der Waals surface area contributed by atoms with Gasteiger partial charge in [0, 0.05) is 6.04 Å². The molecule has 3 unspecified atom stereocenters. The summed E-state index contributed by atoms with van der Waals surface area (Å²) in [5.41, 5.74) is 0. The van der Waals surface area contributed by atoms with Crippen LogP contribution < -0.4 is 5.32 Å². The third kappa shape index (κ3) is 4.66. The van der Waals surface area contributed by atoms with Crippen molar-refractivity contribution in [3.63, 3.8) is 0 Å². The zero-order valence-corrected chi connectivity index (χ0v) is 11.5. The van der Waals surface area contributed by atoms with E-state index in [1.165, 1.54) is 19.3 Å². The van der Waals surface area contributed by atoms with Crippen LogP contribution in [0, 0.1) is 11.8 Å². The first-order valence-corrected chi connectivity index (χ1v) is 7.08. The molecule has 1 aliphatic rings. The molecule has 0 aromatic rings. The van der Waals surface area contributed by atoms with Crippen LogP contribution in [0.15, 0.2) is 0 Å². The van der Waals surface area contributed by atoms with E-state index in [9.17, 15) is 4.79 Å². The van der Waals surface area contributed by atoms with Crippen LogP contribution in [0.4, 0.5) is 0 Å². The Balaban J connectivity index is 2.16. The lowest BCUT2D eigenvalue weighted by atomic mass is 9.93. The van der Waals surface area contributed by atoms with E-state index >= 15 is 0 Å². The lowest BCUT2D eigenvalue weighted by Gasteiger charge is -2.20. The molecular formula is C14H27NO2. The number of unbranched alkanes of at least 4 members (excludes halogenated alkanes) is 1. The van der Waals surface area contributed by atoms with Crippen molar-refractivity contribution in [2.24, 2.45) is 11.8 Å². The van der Waals surface area contributed by atoms with Crippen LogP contribution in [0.25, 0.3) is 0 Å². The van der Waals surface area contributed by atoms with Crippen molar-refractivity contribution in [3.8, 4) is 0 Å². The van der Waals surface area contributed by atoms with E-state index in [0.717, 1.165) is 18.8 Å². The zero-order chi connectivity index (χ0) is 12.7. The monoisotopic (exact) mass is 241 g/mol. The van der Waals surface area contributed by atoms with Crippen molar-refractivity contribution < 1.29 is 9.53 Å². The minimum Gasteiger partial charge on any atom is -0.465 e. The van der Waals surface area contributed by atoms with Gasteiger partial charge < -0.3 is 10.1 Å². The van der Waals surface area contributed by atoms with Crippen LogP contribution in [0.3, 0.4) is 0 Å². The zero-order valence-electron chi connectivity index (χ0n) is 11.5. The van der Waals surface area contributed by atoms with Gasteiger partial charge in [0.1, 0.15) is 0 Å². The topological polar surface area (TPSA) is 38.3 Å². The predicted octanol–water partition coefficient (Wildman–Crippen LogP) is 2.74. The average Bonchev–Trinajstić information content (AvgIpc) is 2.68. The van der Waals surface area contributed by atoms with Gasteiger partial charge in [-0.15, -0.1) is 0 Å². The Morgan fingerprint density at radius 3 is 2.71 bits per heavy atom. The molecule has 1 rings (SSSR count). The van der Waals surface area contributed by atoms with Crippen molar-refractivity contribution in [2.75, 3.05) is 13.2 Å². The van der Waals surface area contributed by atoms with Gasteiger partial charge in [-0.05, 0) is 31.1 Å². The summed E-state index contributed by atoms with van der Waals surface area (Å²) in [4.78, 5) is 11.4. The normalized spacial score (nSPS) is 28.3. The van der Waals surface area contributed by atoms with Gasteiger partial charge in [-0.2, -0.15) is 0 Å². The second-order valence-electron chi connectivity index (χ2n) is 5.17. The van der Waals surface area contributed by atoms with Gasteiger partial charge in [0.15, 0.2) is 0 Å². The van der Waals surface area contributed by atoms with Crippen LogP contribution >= 0.6 is 0 Å². The van der Waals surface area contributed by atoms with E-state index in [0.29, 0.717) is 25.1 Å². The van der Waals surface area contributed by atoms with Crippen molar-refractivity contribution in [1.82, 2.24) is 5.32 Å². The highest BCUT2D eigenvalue weighted by molar-refractivity contribution is 5.71. The van der Waals surface area contributed by atoms with Crippen molar-refractivity contribution in [2.45, 2.75) is 58.9 Å². The SMILES string of the molecule is CCCCOC(=O)CNC1CCC(CC)C1C. The number of hydrogen-bond donors (Lipinski definition) is 1. The predicted molar refractivity (Wildman–Crippen MR) is 69.8 cm³/mol. The smallest absolute Gasteiger partial charge is 0.319 e. The molecule has 0 amide bonds. The fourth-order valence-electron chi connectivity index (χ4n) is 2.71. The number of hydrogen-bond acceptors (Lipinski definition) is 3. The van der Waals surface area contributed by atoms with Crippen LogP contribution in [0.2, 0.25) is 0 Å². The maximum atomic E-state index is 11.4. The van der Waals surface area contributed by atoms with Crippen molar-refractivity contribution in [3.05, 3.63) is 0 Å². The highest BCUT2D eigenvalue weighted by Crippen LogP contribution is 2.33. The highest BCUT2D eigenvalue weighted by Gasteiger charge is 2.31. The summed E-state index contributed by atoms with van der Waals surface area (Å²) in [6.07, 6.45) is 5.77. The number of rotatable bonds is 7. The van der Waals surface area contributed by atoms with Crippen LogP contribution in [-0.4, -0.2) is 25.2 Å². The first kappa shape index (κ1) is 14.5. The molecule has 3 heteroatoms. The molecule has 1 saturated carbocycles. The van der Waals surface area contributed by atoms with E-state index in [1.54, 1.807) is 0 Å². The molecule has 0 saturated heterocycles. The second kappa shape index (κ2) is 7.70. The van der Waals surface area contributed by atoms with E-state index in [1.807, 2.05) is 0 Å². The van der Waals surface area contributed by atoms with Crippen molar-refractivity contribution in [1.29, 1.82) is 0 Å². The van der Waals surface area contributed by atoms with Gasteiger partial charge in [0.25, 0.3) is 0 Å². The minimum absolute atomic E-state index is 0.106. The Kier molecular flexibility index (Phi) is 6.56. The molecule has 1 aliphatic carbocycles. The first-order valence-electron chi connectivity index (χ1n) is 7.08. The van der Waals surface area contributed by atoms with E-state index in [-0.39, 0.29) is 5.97 Å². The third-order valence-corrected chi connectivity index (χ3v) is 4.02. The maximum absolute atomic E-state index is 11.4. The molecule has 0 aromatic carbocycles. The van der Waals surface area contributed by atoms with E-state index in [2.05, 4.69) is 26.1 Å². The second-order valence-corrected chi connectivity index (χ2v) is 5.17. The molecule has 17 heavy (non-hydrogen) atoms. The standard InChI is InChI=1S/C14H27NO2/c1-4-6-9-17-14(16)10-15-13-8-7-12(5-2)11(13)3/h11-13,15H,4-10H2,1-3H3. The number of ether oxygens (including phenoxy) is 1. The molecule has 100 valence electrons. The summed E-state index contributed by atoms with van der Waals surface area (Å²) < 4.78 is 5.13. The molecule has 0 aromatic heterocycles. The summed E-state index contributed by atoms with van der Waals surface area (Å²) in [7, 11) is 0. The van der Waals surface area contributed by atoms with E-state index in [4.69, 9.17) is 4.74 Å². The highest BCUT2D eigenvalue weighted by atomic mass is 16.5. The molecular weight excluding hydrogens is 214 g/mol. The minimum atomic E-state index is -0.106. The summed E-state index contributed by atoms with van der Waals surface area (Å²) in [5, 5.41) is 3.35. The van der Waals surface area contributed by atoms with Gasteiger partial charge in [0.05, 0.1) is 13.2 Å². The number of esters is 1. The maximum Gasteiger partial charge on any atom is 0.319 e. The average molecular weight is 241 g/mol. The van der Waals surface area contributed by atoms with Gasteiger partial charge in [-0.3, -0.25) is 4.79 Å². The van der Waals surface area contributed by atoms with Gasteiger partial charge in [0.2, 0.25) is 0 Å². The van der Waals surface area contributed by atoms with E-state index < -0.39 is 0 Å². The first-order chi connectivity index (χ1) is 8.19. The molecule has 0 bridgehead atoms. The summed E-state index contributed by atoms with van der Waals surface area (Å²) in [5.74, 6) is 1.40. The Morgan fingerprint density at radius 2 is 2.12 bits per heavy atom. The summed E-state index contributed by atoms with van der Waals surface area (Å²) in [6.45, 7) is 7.57. The van der Waals surface area contributed by atoms with Crippen LogP contribution in [0.5, 0.6) is 0 Å². The Morgan fingerprint density at radius 1 is 1.35 bits per heavy atom. The Labute approximate surface area is 105 Å². The number of carbonyl (C=O) groups is 1. The van der Waals surface area contributed by atoms with Crippen LogP contribution in [0.1, 0.15) is 52.9 Å². The summed E-state index contributed by atoms with van der Waals surface area (Å²) >= 11 is 0. The van der Waals surface area contributed by atoms with Gasteiger partial charge in [-0.1, -0.05) is 33.6 Å². The Hall–Kier alpha value is -0.570. The summed E-state index contributed by atoms with van der Waals surface area (Å²) in [6, 6.07) is 0.499. The van der Waals surface area contributed by atoms with Gasteiger partial charge in [-0.25, -0.2) is 0 Å². The fourth-order valence-corrected chi connectivity index (χ4v) is 2.71. The number of carbonyl (C=O) groups excluding carboxylic acids is 1. The number of nitrogens with one attached hydrogen (secondary N) is 1. The third-order valence-electron chi connectivity index (χ3n) is 4.02. The molecule has 1 fully saturated rings. The van der Waals surface area contributed by atoms with Gasteiger partial charge >= 0.3 is 5.97 Å². The fraction of sp³-hybridized carbons (Fsp3) is 0.929. The molecule has 0 aliphatic heterocycles. The molecule has 0 spiro atoms. The lowest BCUT2D eigenvalue weighted by molar-refractivity contribution is -0.142. The molecule has 3 nitrogen and oxygen atoms in total.